The largest absolute Gasteiger partial charge is 0.449 e. The minimum absolute atomic E-state index is 0.00663. The molecule has 0 aliphatic carbocycles. The minimum Gasteiger partial charge on any atom is -0.323 e. The van der Waals surface area contributed by atoms with Gasteiger partial charge in [0, 0.05) is 30.6 Å². The van der Waals surface area contributed by atoms with Crippen molar-refractivity contribution in [3.05, 3.63) is 42.2 Å². The molecule has 0 spiro atoms. The fraction of sp³-hybridized carbons (Fsp3) is 0.278. The summed E-state index contributed by atoms with van der Waals surface area (Å²) < 4.78 is 93.3. The molecule has 0 bridgehead atoms. The Morgan fingerprint density at radius 2 is 1.74 bits per heavy atom. The Hall–Kier alpha value is -2.96. The number of hydrogen-bond acceptors (Lipinski definition) is 4. The van der Waals surface area contributed by atoms with E-state index in [1.54, 1.807) is 6.92 Å². The van der Waals surface area contributed by atoms with E-state index in [4.69, 9.17) is 0 Å². The zero-order valence-corrected chi connectivity index (χ0v) is 16.7. The zero-order valence-electron chi connectivity index (χ0n) is 15.9. The van der Waals surface area contributed by atoms with Crippen LogP contribution >= 0.6 is 0 Å². The molecule has 1 atom stereocenters. The van der Waals surface area contributed by atoms with Gasteiger partial charge in [-0.1, -0.05) is 6.92 Å². The average molecular weight is 461 g/mol. The van der Waals surface area contributed by atoms with E-state index in [-0.39, 0.29) is 38.6 Å². The van der Waals surface area contributed by atoms with Crippen molar-refractivity contribution in [2.45, 2.75) is 24.2 Å². The SMILES string of the molecule is CCS(=O)c1cc2c(cc1-c1cn3cnc(C(F)(F)F)cc3n1)nc(C(F)(F)F)n2C. The van der Waals surface area contributed by atoms with Gasteiger partial charge in [-0.15, -0.1) is 0 Å². The third-order valence-electron chi connectivity index (χ3n) is 4.66. The van der Waals surface area contributed by atoms with Crippen LogP contribution in [0.25, 0.3) is 27.9 Å². The molecule has 0 aliphatic rings. The monoisotopic (exact) mass is 461 g/mol. The van der Waals surface area contributed by atoms with Gasteiger partial charge >= 0.3 is 12.4 Å². The molecule has 13 heteroatoms. The second-order valence-electron chi connectivity index (χ2n) is 6.63. The molecule has 4 aromatic rings. The average Bonchev–Trinajstić information content (AvgIpc) is 3.26. The second-order valence-corrected chi connectivity index (χ2v) is 8.34. The first kappa shape index (κ1) is 21.3. The molecule has 1 unspecified atom stereocenters. The van der Waals surface area contributed by atoms with E-state index < -0.39 is 34.7 Å². The van der Waals surface area contributed by atoms with Gasteiger partial charge in [-0.2, -0.15) is 26.3 Å². The third kappa shape index (κ3) is 3.66. The van der Waals surface area contributed by atoms with Crippen molar-refractivity contribution in [3.8, 4) is 11.3 Å². The van der Waals surface area contributed by atoms with Gasteiger partial charge < -0.3 is 4.57 Å². The molecule has 164 valence electrons. The molecule has 3 aromatic heterocycles. The molecule has 0 saturated carbocycles. The fourth-order valence-electron chi connectivity index (χ4n) is 3.19. The van der Waals surface area contributed by atoms with Crippen molar-refractivity contribution in [3.63, 3.8) is 0 Å². The van der Waals surface area contributed by atoms with Gasteiger partial charge in [0.25, 0.3) is 0 Å². The third-order valence-corrected chi connectivity index (χ3v) is 6.01. The van der Waals surface area contributed by atoms with Crippen molar-refractivity contribution in [1.82, 2.24) is 23.9 Å². The van der Waals surface area contributed by atoms with Gasteiger partial charge in [-0.25, -0.2) is 15.0 Å². The lowest BCUT2D eigenvalue weighted by atomic mass is 10.1. The molecule has 6 nitrogen and oxygen atoms in total. The minimum atomic E-state index is -4.69. The quantitative estimate of drug-likeness (QED) is 0.423. The van der Waals surface area contributed by atoms with Crippen LogP contribution in [0, 0.1) is 0 Å². The normalized spacial score (nSPS) is 13.9. The summed E-state index contributed by atoms with van der Waals surface area (Å²) in [6.07, 6.45) is -7.05. The molecule has 1 aromatic carbocycles. The highest BCUT2D eigenvalue weighted by molar-refractivity contribution is 7.85. The second kappa shape index (κ2) is 7.04. The van der Waals surface area contributed by atoms with Gasteiger partial charge in [-0.05, 0) is 12.1 Å². The summed E-state index contributed by atoms with van der Waals surface area (Å²) in [7, 11) is -0.386. The van der Waals surface area contributed by atoms with Crippen LogP contribution in [0.4, 0.5) is 26.3 Å². The van der Waals surface area contributed by atoms with E-state index in [0.29, 0.717) is 0 Å². The Balaban J connectivity index is 1.96. The number of imidazole rings is 2. The van der Waals surface area contributed by atoms with E-state index in [1.165, 1.54) is 29.8 Å². The Bertz CT molecular complexity index is 1340. The maximum Gasteiger partial charge on any atom is 0.449 e. The predicted molar refractivity (Wildman–Crippen MR) is 99.6 cm³/mol. The number of rotatable bonds is 3. The van der Waals surface area contributed by atoms with Crippen LogP contribution in [0.5, 0.6) is 0 Å². The number of hydrogen-bond donors (Lipinski definition) is 0. The number of fused-ring (bicyclic) bond motifs is 2. The van der Waals surface area contributed by atoms with Crippen molar-refractivity contribution in [1.29, 1.82) is 0 Å². The fourth-order valence-corrected chi connectivity index (χ4v) is 4.16. The topological polar surface area (TPSA) is 65.1 Å². The Morgan fingerprint density at radius 3 is 2.35 bits per heavy atom. The number of aromatic nitrogens is 5. The van der Waals surface area contributed by atoms with Crippen molar-refractivity contribution < 1.29 is 30.6 Å². The predicted octanol–water partition coefficient (Wildman–Crippen LogP) is 4.45. The number of nitrogens with zero attached hydrogens (tertiary/aromatic N) is 5. The first-order chi connectivity index (χ1) is 14.4. The first-order valence-corrected chi connectivity index (χ1v) is 10.1. The lowest BCUT2D eigenvalue weighted by Gasteiger charge is -2.08. The van der Waals surface area contributed by atoms with E-state index >= 15 is 0 Å². The molecule has 0 saturated heterocycles. The summed E-state index contributed by atoms with van der Waals surface area (Å²) in [5.74, 6) is -0.947. The lowest BCUT2D eigenvalue weighted by molar-refractivity contribution is -0.146. The smallest absolute Gasteiger partial charge is 0.323 e. The van der Waals surface area contributed by atoms with Crippen molar-refractivity contribution in [2.24, 2.45) is 7.05 Å². The maximum absolute atomic E-state index is 13.3. The summed E-state index contributed by atoms with van der Waals surface area (Å²) in [5.41, 5.74) is -0.728. The summed E-state index contributed by atoms with van der Waals surface area (Å²) in [6.45, 7) is 1.64. The lowest BCUT2D eigenvalue weighted by Crippen LogP contribution is -2.12. The Morgan fingerprint density at radius 1 is 1.03 bits per heavy atom. The number of benzene rings is 1. The molecule has 0 aliphatic heterocycles. The van der Waals surface area contributed by atoms with E-state index in [1.807, 2.05) is 0 Å². The van der Waals surface area contributed by atoms with Crippen LogP contribution in [0.1, 0.15) is 18.4 Å². The van der Waals surface area contributed by atoms with Crippen LogP contribution in [-0.4, -0.2) is 33.9 Å². The Kier molecular flexibility index (Phi) is 4.83. The standard InChI is InChI=1S/C18H13F6N5OS/c1-3-31(30)13-5-12-10(27-16(28(12)2)18(22,23)24)4-9(13)11-7-29-8-25-14(17(19,20)21)6-15(29)26-11/h4-8H,3H2,1-2H3. The van der Waals surface area contributed by atoms with Crippen LogP contribution in [0.3, 0.4) is 0 Å². The molecule has 4 rings (SSSR count). The van der Waals surface area contributed by atoms with Gasteiger partial charge in [0.1, 0.15) is 17.7 Å². The summed E-state index contributed by atoms with van der Waals surface area (Å²) in [4.78, 5) is 11.3. The van der Waals surface area contributed by atoms with Gasteiger partial charge in [0.15, 0.2) is 0 Å². The highest BCUT2D eigenvalue weighted by Crippen LogP contribution is 2.35. The summed E-state index contributed by atoms with van der Waals surface area (Å²) >= 11 is 0. The van der Waals surface area contributed by atoms with Crippen LogP contribution in [0.2, 0.25) is 0 Å². The number of halogens is 6. The van der Waals surface area contributed by atoms with E-state index in [2.05, 4.69) is 15.0 Å². The van der Waals surface area contributed by atoms with Crippen molar-refractivity contribution in [2.75, 3.05) is 5.75 Å². The zero-order chi connectivity index (χ0) is 22.7. The van der Waals surface area contributed by atoms with Crippen LogP contribution < -0.4 is 0 Å². The number of alkyl halides is 6. The molecule has 31 heavy (non-hydrogen) atoms. The number of aryl methyl sites for hydroxylation is 1. The molecule has 0 amide bonds. The molecular formula is C18H13F6N5OS. The van der Waals surface area contributed by atoms with Gasteiger partial charge in [0.2, 0.25) is 5.82 Å². The van der Waals surface area contributed by atoms with Crippen LogP contribution in [-0.2, 0) is 30.2 Å². The van der Waals surface area contributed by atoms with E-state index in [0.717, 1.165) is 17.0 Å². The van der Waals surface area contributed by atoms with Gasteiger partial charge in [0.05, 0.1) is 32.4 Å². The Labute approximate surface area is 173 Å². The summed E-state index contributed by atoms with van der Waals surface area (Å²) in [5, 5.41) is 0. The molecule has 3 heterocycles. The maximum atomic E-state index is 13.3. The highest BCUT2D eigenvalue weighted by atomic mass is 32.2. The van der Waals surface area contributed by atoms with Gasteiger partial charge in [-0.3, -0.25) is 8.61 Å². The first-order valence-electron chi connectivity index (χ1n) is 8.78. The molecule has 0 radical (unpaired) electrons. The molecular weight excluding hydrogens is 448 g/mol. The molecule has 0 N–H and O–H groups in total. The van der Waals surface area contributed by atoms with Crippen molar-refractivity contribution >= 4 is 27.5 Å². The van der Waals surface area contributed by atoms with E-state index in [9.17, 15) is 30.6 Å². The molecule has 0 fully saturated rings. The van der Waals surface area contributed by atoms with Crippen LogP contribution in [0.15, 0.2) is 35.6 Å². The highest BCUT2D eigenvalue weighted by Gasteiger charge is 2.37. The summed E-state index contributed by atoms with van der Waals surface area (Å²) in [6, 6.07) is 3.41.